The molecule has 2 aromatic rings. The molecule has 8 nitrogen and oxygen atoms in total. The number of hydrogen-bond donors (Lipinski definition) is 3. The third kappa shape index (κ3) is 4.85. The summed E-state index contributed by atoms with van der Waals surface area (Å²) in [7, 11) is 0. The monoisotopic (exact) mass is 395 g/mol. The Labute approximate surface area is 167 Å². The number of benzene rings is 2. The number of likely N-dealkylation sites (tertiary alicyclic amines) is 1. The predicted octanol–water partition coefficient (Wildman–Crippen LogP) is 1.50. The largest absolute Gasteiger partial charge is 0.338 e. The van der Waals surface area contributed by atoms with E-state index in [0.29, 0.717) is 12.0 Å². The molecule has 29 heavy (non-hydrogen) atoms. The van der Waals surface area contributed by atoms with Gasteiger partial charge >= 0.3 is 0 Å². The van der Waals surface area contributed by atoms with Crippen LogP contribution in [0.15, 0.2) is 54.6 Å². The smallest absolute Gasteiger partial charge is 0.267 e. The molecule has 1 fully saturated rings. The third-order valence-electron chi connectivity index (χ3n) is 4.73. The summed E-state index contributed by atoms with van der Waals surface area (Å²) >= 11 is 0. The van der Waals surface area contributed by atoms with Gasteiger partial charge in [-0.05, 0) is 29.7 Å². The van der Waals surface area contributed by atoms with Gasteiger partial charge in [-0.2, -0.15) is 0 Å². The molecule has 0 radical (unpaired) electrons. The Morgan fingerprint density at radius 1 is 0.931 bits per heavy atom. The molecular weight excluding hydrogens is 374 g/mol. The first-order valence-electron chi connectivity index (χ1n) is 9.23. The fourth-order valence-electron chi connectivity index (χ4n) is 3.14. The van der Waals surface area contributed by atoms with Crippen LogP contribution in [0.2, 0.25) is 0 Å². The molecule has 2 aromatic carbocycles. The van der Waals surface area contributed by atoms with Gasteiger partial charge in [0.25, 0.3) is 11.8 Å². The van der Waals surface area contributed by atoms with Crippen molar-refractivity contribution in [1.29, 1.82) is 0 Å². The molecule has 0 bridgehead atoms. The molecule has 0 unspecified atom stereocenters. The van der Waals surface area contributed by atoms with Gasteiger partial charge in [-0.1, -0.05) is 42.5 Å². The van der Waals surface area contributed by atoms with Crippen molar-refractivity contribution in [3.05, 3.63) is 60.2 Å². The van der Waals surface area contributed by atoms with Gasteiger partial charge in [0.1, 0.15) is 6.04 Å². The average Bonchev–Trinajstić information content (AvgIpc) is 2.75. The summed E-state index contributed by atoms with van der Waals surface area (Å²) in [5.74, 6) is -2.28. The van der Waals surface area contributed by atoms with E-state index in [0.717, 1.165) is 16.0 Å². The molecule has 0 spiro atoms. The summed E-state index contributed by atoms with van der Waals surface area (Å²) in [5, 5.41) is 11.4. The minimum Gasteiger partial charge on any atom is -0.338 e. The van der Waals surface area contributed by atoms with Crippen molar-refractivity contribution >= 4 is 23.6 Å². The summed E-state index contributed by atoms with van der Waals surface area (Å²) in [6.45, 7) is -0.335. The lowest BCUT2D eigenvalue weighted by Crippen LogP contribution is -2.55. The summed E-state index contributed by atoms with van der Waals surface area (Å²) in [5.41, 5.74) is 3.70. The van der Waals surface area contributed by atoms with Gasteiger partial charge in [-0.3, -0.25) is 29.3 Å². The maximum absolute atomic E-state index is 12.6. The first kappa shape index (κ1) is 20.2. The number of rotatable bonds is 6. The lowest BCUT2D eigenvalue weighted by molar-refractivity contribution is -0.149. The van der Waals surface area contributed by atoms with Crippen molar-refractivity contribution in [1.82, 2.24) is 15.7 Å². The lowest BCUT2D eigenvalue weighted by atomic mass is 10.0. The van der Waals surface area contributed by atoms with Gasteiger partial charge in [-0.15, -0.1) is 0 Å². The van der Waals surface area contributed by atoms with Crippen molar-refractivity contribution in [3.63, 3.8) is 0 Å². The molecular formula is C21H21N3O5. The lowest BCUT2D eigenvalue weighted by Gasteiger charge is -2.28. The van der Waals surface area contributed by atoms with Crippen LogP contribution in [0.1, 0.15) is 29.6 Å². The van der Waals surface area contributed by atoms with Crippen LogP contribution in [-0.4, -0.2) is 46.3 Å². The Bertz CT molecular complexity index is 896. The number of piperidine rings is 1. The standard InChI is InChI=1S/C21H21N3O5/c25-18-7-4-8-19(26)24(18)13-17(21(28)23-29)22-20(27)16-11-9-15(10-12-16)14-5-2-1-3-6-14/h1-3,5-6,9-12,17,29H,4,7-8,13H2,(H,22,27)(H,23,28)/t17-/m0/s1. The highest BCUT2D eigenvalue weighted by molar-refractivity contribution is 6.00. The summed E-state index contributed by atoms with van der Waals surface area (Å²) < 4.78 is 0. The van der Waals surface area contributed by atoms with E-state index in [1.165, 1.54) is 5.48 Å². The van der Waals surface area contributed by atoms with Crippen molar-refractivity contribution in [2.45, 2.75) is 25.3 Å². The average molecular weight is 395 g/mol. The van der Waals surface area contributed by atoms with E-state index in [1.54, 1.807) is 24.3 Å². The first-order chi connectivity index (χ1) is 14.0. The van der Waals surface area contributed by atoms with Crippen LogP contribution in [0.4, 0.5) is 0 Å². The number of carbonyl (C=O) groups excluding carboxylic acids is 4. The van der Waals surface area contributed by atoms with Crippen LogP contribution < -0.4 is 10.8 Å². The molecule has 150 valence electrons. The molecule has 0 aromatic heterocycles. The van der Waals surface area contributed by atoms with E-state index in [4.69, 9.17) is 5.21 Å². The molecule has 0 saturated carbocycles. The number of hydroxylamine groups is 1. The normalized spacial score (nSPS) is 15.0. The molecule has 0 aliphatic carbocycles. The van der Waals surface area contributed by atoms with Crippen LogP contribution in [0.25, 0.3) is 11.1 Å². The van der Waals surface area contributed by atoms with Crippen molar-refractivity contribution in [2.75, 3.05) is 6.54 Å². The molecule has 1 atom stereocenters. The van der Waals surface area contributed by atoms with Crippen LogP contribution in [-0.2, 0) is 14.4 Å². The minimum atomic E-state index is -1.27. The molecule has 1 heterocycles. The second-order valence-electron chi connectivity index (χ2n) is 6.70. The minimum absolute atomic E-state index is 0.202. The maximum Gasteiger partial charge on any atom is 0.267 e. The number of amides is 4. The summed E-state index contributed by atoms with van der Waals surface area (Å²) in [6.07, 6.45) is 0.868. The summed E-state index contributed by atoms with van der Waals surface area (Å²) in [4.78, 5) is 49.4. The fourth-order valence-corrected chi connectivity index (χ4v) is 3.14. The maximum atomic E-state index is 12.6. The van der Waals surface area contributed by atoms with E-state index in [9.17, 15) is 19.2 Å². The van der Waals surface area contributed by atoms with E-state index in [-0.39, 0.29) is 19.4 Å². The zero-order chi connectivity index (χ0) is 20.8. The number of hydrogen-bond acceptors (Lipinski definition) is 5. The molecule has 1 aliphatic heterocycles. The second-order valence-corrected chi connectivity index (χ2v) is 6.70. The van der Waals surface area contributed by atoms with Gasteiger partial charge < -0.3 is 5.32 Å². The number of imide groups is 1. The van der Waals surface area contributed by atoms with Gasteiger partial charge in [0.15, 0.2) is 0 Å². The van der Waals surface area contributed by atoms with Gasteiger partial charge in [0.2, 0.25) is 11.8 Å². The number of nitrogens with zero attached hydrogens (tertiary/aromatic N) is 1. The third-order valence-corrected chi connectivity index (χ3v) is 4.73. The molecule has 4 amide bonds. The number of nitrogens with one attached hydrogen (secondary N) is 2. The number of carbonyl (C=O) groups is 4. The Morgan fingerprint density at radius 3 is 2.10 bits per heavy atom. The highest BCUT2D eigenvalue weighted by atomic mass is 16.5. The fraction of sp³-hybridized carbons (Fsp3) is 0.238. The van der Waals surface area contributed by atoms with Crippen molar-refractivity contribution in [2.24, 2.45) is 0 Å². The van der Waals surface area contributed by atoms with E-state index < -0.39 is 29.7 Å². The Morgan fingerprint density at radius 2 is 1.52 bits per heavy atom. The molecule has 8 heteroatoms. The predicted molar refractivity (Wildman–Crippen MR) is 104 cm³/mol. The second kappa shape index (κ2) is 9.11. The SMILES string of the molecule is O=C(N[C@@H](CN1C(=O)CCCC1=O)C(=O)NO)c1ccc(-c2ccccc2)cc1. The zero-order valence-electron chi connectivity index (χ0n) is 15.6. The topological polar surface area (TPSA) is 116 Å². The molecule has 1 saturated heterocycles. The highest BCUT2D eigenvalue weighted by Crippen LogP contribution is 2.19. The highest BCUT2D eigenvalue weighted by Gasteiger charge is 2.32. The quantitative estimate of drug-likeness (QED) is 0.389. The van der Waals surface area contributed by atoms with E-state index >= 15 is 0 Å². The Balaban J connectivity index is 1.72. The first-order valence-corrected chi connectivity index (χ1v) is 9.23. The zero-order valence-corrected chi connectivity index (χ0v) is 15.6. The van der Waals surface area contributed by atoms with E-state index in [2.05, 4.69) is 5.32 Å². The van der Waals surface area contributed by atoms with Gasteiger partial charge in [0, 0.05) is 18.4 Å². The Hall–Kier alpha value is -3.52. The molecule has 1 aliphatic rings. The van der Waals surface area contributed by atoms with Crippen molar-refractivity contribution < 1.29 is 24.4 Å². The molecule has 3 N–H and O–H groups in total. The molecule has 3 rings (SSSR count). The van der Waals surface area contributed by atoms with Crippen LogP contribution in [0.3, 0.4) is 0 Å². The van der Waals surface area contributed by atoms with Gasteiger partial charge in [-0.25, -0.2) is 5.48 Å². The Kier molecular flexibility index (Phi) is 6.36. The van der Waals surface area contributed by atoms with Crippen LogP contribution in [0.5, 0.6) is 0 Å². The van der Waals surface area contributed by atoms with Crippen LogP contribution in [0, 0.1) is 0 Å². The summed E-state index contributed by atoms with van der Waals surface area (Å²) in [6, 6.07) is 15.2. The van der Waals surface area contributed by atoms with E-state index in [1.807, 2.05) is 30.3 Å². The van der Waals surface area contributed by atoms with Crippen LogP contribution >= 0.6 is 0 Å². The van der Waals surface area contributed by atoms with Crippen molar-refractivity contribution in [3.8, 4) is 11.1 Å². The van der Waals surface area contributed by atoms with Gasteiger partial charge in [0.05, 0.1) is 6.54 Å².